The summed E-state index contributed by atoms with van der Waals surface area (Å²) in [5.74, 6) is -24.1. The molecular formula is C100H138N20O24S. The lowest BCUT2D eigenvalue weighted by Crippen LogP contribution is -2.62. The van der Waals surface area contributed by atoms with E-state index in [1.54, 1.807) is 83.1 Å². The number of rotatable bonds is 33. The maximum absolute atomic E-state index is 15.7. The number of nitrogens with one attached hydrogen (secondary N) is 14. The zero-order valence-electron chi connectivity index (χ0n) is 82.6. The van der Waals surface area contributed by atoms with E-state index in [4.69, 9.17) is 33.4 Å². The van der Waals surface area contributed by atoms with Gasteiger partial charge in [0.05, 0.1) is 17.7 Å². The van der Waals surface area contributed by atoms with Crippen LogP contribution in [0, 0.1) is 24.7 Å². The van der Waals surface area contributed by atoms with E-state index in [9.17, 15) is 77.6 Å². The zero-order chi connectivity index (χ0) is 107. The van der Waals surface area contributed by atoms with Crippen molar-refractivity contribution in [3.8, 4) is 16.9 Å². The molecule has 0 radical (unpaired) electrons. The molecule has 45 heteroatoms. The molecule has 15 atom stereocenters. The maximum Gasteiger partial charge on any atom is 0.341 e. The first-order valence-corrected chi connectivity index (χ1v) is 49.4. The van der Waals surface area contributed by atoms with E-state index in [2.05, 4.69) is 74.4 Å². The summed E-state index contributed by atoms with van der Waals surface area (Å²) in [7, 11) is 1.19. The average molecular weight is 2040 g/mol. The van der Waals surface area contributed by atoms with Gasteiger partial charge in [-0.2, -0.15) is 0 Å². The van der Waals surface area contributed by atoms with Crippen LogP contribution < -0.4 is 108 Å². The Kier molecular flexibility index (Phi) is 47.8. The van der Waals surface area contributed by atoms with Crippen molar-refractivity contribution >= 4 is 130 Å². The van der Waals surface area contributed by atoms with Crippen molar-refractivity contribution in [1.82, 2.24) is 79.3 Å². The largest absolute Gasteiger partial charge is 0.482 e. The van der Waals surface area contributed by atoms with Gasteiger partial charge in [0.15, 0.2) is 6.61 Å². The van der Waals surface area contributed by atoms with Gasteiger partial charge in [-0.25, -0.2) is 9.59 Å². The summed E-state index contributed by atoms with van der Waals surface area (Å²) < 4.78 is 5.30. The Morgan fingerprint density at radius 1 is 0.476 bits per heavy atom. The Balaban J connectivity index is 1.36. The number of amides is 17. The Bertz CT molecular complexity index is 5330. The number of carboxylic acid groups (broad SMARTS) is 3. The van der Waals surface area contributed by atoms with E-state index in [1.165, 1.54) is 69.4 Å². The summed E-state index contributed by atoms with van der Waals surface area (Å²) in [4.78, 5) is 288. The third-order valence-corrected chi connectivity index (χ3v) is 25.5. The Morgan fingerprint density at radius 3 is 1.48 bits per heavy atom. The van der Waals surface area contributed by atoms with Gasteiger partial charge in [-0.15, -0.1) is 11.8 Å². The van der Waals surface area contributed by atoms with Crippen LogP contribution >= 0.6 is 11.8 Å². The molecule has 0 bridgehead atoms. The van der Waals surface area contributed by atoms with E-state index in [-0.39, 0.29) is 92.4 Å². The smallest absolute Gasteiger partial charge is 0.341 e. The number of carbonyl (C=O) groups is 20. The molecule has 0 spiro atoms. The molecule has 1 saturated carbocycles. The van der Waals surface area contributed by atoms with E-state index in [0.717, 1.165) is 47.1 Å². The monoisotopic (exact) mass is 2030 g/mol. The molecule has 2 aliphatic rings. The van der Waals surface area contributed by atoms with Gasteiger partial charge in [-0.1, -0.05) is 168 Å². The number of nitrogens with zero attached hydrogens (tertiary/aromatic N) is 1. The third kappa shape index (κ3) is 39.3. The first-order valence-electron chi connectivity index (χ1n) is 48.3. The van der Waals surface area contributed by atoms with E-state index >= 15 is 33.6 Å². The Labute approximate surface area is 844 Å². The van der Waals surface area contributed by atoms with Gasteiger partial charge in [-0.05, 0) is 161 Å². The van der Waals surface area contributed by atoms with Gasteiger partial charge in [0.25, 0.3) is 0 Å². The van der Waals surface area contributed by atoms with Crippen LogP contribution in [-0.4, -0.2) is 274 Å². The van der Waals surface area contributed by atoms with Gasteiger partial charge in [0.1, 0.15) is 96.4 Å². The number of aromatic carboxylic acids is 1. The van der Waals surface area contributed by atoms with Crippen LogP contribution in [0.5, 0.6) is 5.75 Å². The van der Waals surface area contributed by atoms with Gasteiger partial charge in [0.2, 0.25) is 100 Å². The van der Waals surface area contributed by atoms with Crippen molar-refractivity contribution < 1.29 is 116 Å². The summed E-state index contributed by atoms with van der Waals surface area (Å²) >= 11 is 0.721. The third-order valence-electron chi connectivity index (χ3n) is 24.5. The minimum absolute atomic E-state index is 0.0276. The number of ether oxygens (including phenoxy) is 1. The SMILES string of the molecule is Cc1cccc(C[C@@H]2NC(=O)[C@H](CC(=O)O)NC(=O)[C@H](Cc3ccc(OCC(=O)O)cc3)NC(=O)[C@H](C)NC(=O)CSC[C@@H](C(=O)N[C@@H](CCN)C(N)=O)NC(=O)[C@H](CCCN)NC(=O)[C@H](C(C)C)NC(=O)[C@H](CC3CCCCC3)NC(=O)[C@H](CCN)NC(=O)[C@@H](CC(C)C)NC(=O)[C@H](C)N(C)C(=O)[C@H](CCC(N)=O)NC(=O)[C@H](Cc3ccc(-c4ccccc4)cc3)NC(=O)[C@H](Cc3ccc(C(=O)O)cc3)NC2=O)c1. The van der Waals surface area contributed by atoms with E-state index in [0.29, 0.717) is 29.5 Å². The summed E-state index contributed by atoms with van der Waals surface area (Å²) in [6.45, 7) is 9.71. The highest BCUT2D eigenvalue weighted by atomic mass is 32.2. The molecule has 5 aromatic rings. The number of carbonyl (C=O) groups excluding carboxylic acids is 17. The fourth-order valence-electron chi connectivity index (χ4n) is 16.3. The summed E-state index contributed by atoms with van der Waals surface area (Å²) in [6, 6.07) is 8.31. The first-order chi connectivity index (χ1) is 68.8. The molecule has 2 fully saturated rings. The second-order valence-electron chi connectivity index (χ2n) is 37.1. The number of likely N-dealkylation sites (N-methyl/N-ethyl adjacent to an activating group) is 1. The molecular weight excluding hydrogens is 1900 g/mol. The topological polar surface area (TPSA) is 713 Å². The molecule has 1 heterocycles. The van der Waals surface area contributed by atoms with Crippen molar-refractivity contribution in [3.63, 3.8) is 0 Å². The summed E-state index contributed by atoms with van der Waals surface area (Å²) in [6.07, 6.45) is -0.900. The fourth-order valence-corrected chi connectivity index (χ4v) is 17.2. The lowest BCUT2D eigenvalue weighted by atomic mass is 9.84. The standard InChI is InChI=1S/C100H138N20O24S/c1-54(2)43-72-90(132)108-70(39-42-103)89(131)113-76(45-59-18-11-9-12-19-59)96(138)119-84(55(3)4)98(140)109-69(23-16-40-101)88(130)118-79(97(139)107-68(38-41-102)85(105)127)52-145-53-81(122)106-57(6)86(128)111-73(48-62-28-34-67(35-29-62)144-51-83(125)126)92(134)117-78(50-82(123)124)95(137)116-77(49-63-20-15-17-56(5)44-63)94(136)115-75(47-61-26-32-66(33-27-61)100(142)143)93(135)114-74(46-60-24-30-65(31-25-60)64-21-13-10-14-22-64)91(133)110-71(36-37-80(104)121)99(141)120(8)58(7)87(129)112-72/h10,13-15,17,20-22,24-35,44,54-55,57-59,68-79,84H,9,11-12,16,18-19,23,36-43,45-53,101-103H2,1-8H3,(H2,104,121)(H2,105,127)(H,106,122)(H,107,139)(H,108,132)(H,109,140)(H,110,133)(H,111,128)(H,112,129)(H,113,131)(H,114,135)(H,115,136)(H,116,137)(H,117,134)(H,118,130)(H,119,138)(H,123,124)(H,125,126)(H,142,143)/t57-,58-,68-,69-,70-,71-,72+,73-,74-,75-,76-,77-,78-,79-,84-/m0/s1. The summed E-state index contributed by atoms with van der Waals surface area (Å²) in [5.41, 5.74) is 32.4. The number of thioether (sulfide) groups is 1. The van der Waals surface area contributed by atoms with Gasteiger partial charge < -0.3 is 128 Å². The van der Waals surface area contributed by atoms with Gasteiger partial charge in [0, 0.05) is 44.9 Å². The van der Waals surface area contributed by atoms with Crippen LogP contribution in [0.15, 0.2) is 127 Å². The van der Waals surface area contributed by atoms with Gasteiger partial charge >= 0.3 is 17.9 Å². The number of aryl methyl sites for hydroxylation is 1. The molecule has 7 rings (SSSR count). The molecule has 5 aromatic carbocycles. The molecule has 1 aliphatic carbocycles. The highest BCUT2D eigenvalue weighted by Crippen LogP contribution is 2.29. The molecule has 0 aromatic heterocycles. The lowest BCUT2D eigenvalue weighted by Gasteiger charge is -2.32. The molecule has 17 amide bonds. The second-order valence-corrected chi connectivity index (χ2v) is 38.1. The average Bonchev–Trinajstić information content (AvgIpc) is 0.799. The first kappa shape index (κ1) is 117. The quantitative estimate of drug-likeness (QED) is 0.0235. The van der Waals surface area contributed by atoms with Crippen molar-refractivity contribution in [2.24, 2.45) is 46.4 Å². The van der Waals surface area contributed by atoms with Gasteiger partial charge in [-0.3, -0.25) is 86.3 Å². The predicted octanol–water partition coefficient (Wildman–Crippen LogP) is -1.17. The number of aliphatic carboxylic acids is 2. The molecule has 0 unspecified atom stereocenters. The number of carboxylic acids is 3. The zero-order valence-corrected chi connectivity index (χ0v) is 83.5. The van der Waals surface area contributed by atoms with Crippen LogP contribution in [-0.2, 0) is 117 Å². The fraction of sp³-hybridized carbons (Fsp3) is 0.500. The molecule has 145 heavy (non-hydrogen) atoms. The van der Waals surface area contributed by atoms with E-state index < -0.39 is 278 Å². The Morgan fingerprint density at radius 2 is 0.959 bits per heavy atom. The van der Waals surface area contributed by atoms with Crippen LogP contribution in [0.4, 0.5) is 0 Å². The normalized spacial score (nSPS) is 23.1. The van der Waals surface area contributed by atoms with Crippen LogP contribution in [0.25, 0.3) is 11.1 Å². The number of primary amides is 2. The van der Waals surface area contributed by atoms with Crippen molar-refractivity contribution in [2.45, 2.75) is 255 Å². The number of hydrogen-bond donors (Lipinski definition) is 22. The Hall–Kier alpha value is -14.5. The van der Waals surface area contributed by atoms with Crippen LogP contribution in [0.3, 0.4) is 0 Å². The molecule has 27 N–H and O–H groups in total. The van der Waals surface area contributed by atoms with Crippen molar-refractivity contribution in [2.75, 3.05) is 44.8 Å². The molecule has 788 valence electrons. The van der Waals surface area contributed by atoms with Crippen molar-refractivity contribution in [1.29, 1.82) is 0 Å². The number of benzene rings is 5. The minimum Gasteiger partial charge on any atom is -0.482 e. The number of nitrogens with two attached hydrogens (primary N) is 5. The highest BCUT2D eigenvalue weighted by molar-refractivity contribution is 8.00. The summed E-state index contributed by atoms with van der Waals surface area (Å²) in [5, 5.41) is 66.4. The van der Waals surface area contributed by atoms with Crippen LogP contribution in [0.2, 0.25) is 0 Å². The molecule has 1 aliphatic heterocycles. The predicted molar refractivity (Wildman–Crippen MR) is 534 cm³/mol. The minimum atomic E-state index is -2.15. The van der Waals surface area contributed by atoms with Crippen LogP contribution in [0.1, 0.15) is 170 Å². The second kappa shape index (κ2) is 58.9. The lowest BCUT2D eigenvalue weighted by molar-refractivity contribution is -0.143. The van der Waals surface area contributed by atoms with Crippen molar-refractivity contribution in [3.05, 3.63) is 161 Å². The molecule has 1 saturated heterocycles. The highest BCUT2D eigenvalue weighted by Gasteiger charge is 2.42. The van der Waals surface area contributed by atoms with E-state index in [1.807, 2.05) is 30.3 Å². The maximum atomic E-state index is 15.7. The molecule has 44 nitrogen and oxygen atoms in total. The number of hydrogen-bond acceptors (Lipinski definition) is 25.